The Kier molecular flexibility index (Phi) is 6.43. The number of ether oxygens (including phenoxy) is 1. The van der Waals surface area contributed by atoms with Crippen LogP contribution in [0.1, 0.15) is 57.6 Å². The lowest BCUT2D eigenvalue weighted by atomic mass is 9.95. The number of fused-ring (bicyclic) bond motifs is 1. The molecule has 30 heavy (non-hydrogen) atoms. The van der Waals surface area contributed by atoms with Crippen LogP contribution in [-0.4, -0.2) is 46.9 Å². The highest BCUT2D eigenvalue weighted by atomic mass is 16.5. The van der Waals surface area contributed by atoms with Gasteiger partial charge in [0.15, 0.2) is 6.10 Å². The van der Waals surface area contributed by atoms with E-state index in [0.717, 1.165) is 37.0 Å². The molecule has 3 rings (SSSR count). The van der Waals surface area contributed by atoms with Gasteiger partial charge >= 0.3 is 12.0 Å². The van der Waals surface area contributed by atoms with Gasteiger partial charge < -0.3 is 15.4 Å². The largest absolute Gasteiger partial charge is 0.451 e. The third kappa shape index (κ3) is 4.63. The first-order chi connectivity index (χ1) is 14.2. The number of carbonyl (C=O) groups is 4. The Labute approximate surface area is 176 Å². The number of amides is 4. The predicted octanol–water partition coefficient (Wildman–Crippen LogP) is 2.55. The molecule has 1 aliphatic heterocycles. The van der Waals surface area contributed by atoms with Crippen LogP contribution in [0.15, 0.2) is 18.2 Å². The fraction of sp³-hybridized carbons (Fsp3) is 0.545. The number of aryl methyl sites for hydroxylation is 2. The third-order valence-electron chi connectivity index (χ3n) is 5.71. The standard InChI is InChI=1S/C22H29N3O5/c1-4-5-11-22(3)20(28)25(21(29)24-22)13-18(26)30-14(2)19(27)23-17-10-9-15-7-6-8-16(15)12-17/h9-10,12,14H,4-8,11,13H2,1-3H3,(H,23,27)(H,24,29)/t14-,22-/m1/s1. The minimum Gasteiger partial charge on any atom is -0.451 e. The lowest BCUT2D eigenvalue weighted by Gasteiger charge is -2.21. The van der Waals surface area contributed by atoms with E-state index in [4.69, 9.17) is 4.74 Å². The van der Waals surface area contributed by atoms with Crippen molar-refractivity contribution >= 4 is 29.5 Å². The Morgan fingerprint density at radius 1 is 1.27 bits per heavy atom. The van der Waals surface area contributed by atoms with Crippen LogP contribution in [0.25, 0.3) is 0 Å². The van der Waals surface area contributed by atoms with Crippen LogP contribution in [0.5, 0.6) is 0 Å². The SMILES string of the molecule is CCCC[C@@]1(C)NC(=O)N(CC(=O)O[C@H](C)C(=O)Nc2ccc3c(c2)CCC3)C1=O. The maximum Gasteiger partial charge on any atom is 0.327 e. The van der Waals surface area contributed by atoms with Crippen molar-refractivity contribution in [3.63, 3.8) is 0 Å². The molecule has 1 aromatic rings. The zero-order valence-corrected chi connectivity index (χ0v) is 17.7. The van der Waals surface area contributed by atoms with Crippen molar-refractivity contribution in [3.05, 3.63) is 29.3 Å². The molecule has 8 nitrogen and oxygen atoms in total. The molecule has 2 atom stereocenters. The first-order valence-corrected chi connectivity index (χ1v) is 10.5. The number of carbonyl (C=O) groups excluding carboxylic acids is 4. The van der Waals surface area contributed by atoms with E-state index < -0.39 is 42.0 Å². The molecule has 0 radical (unpaired) electrons. The highest BCUT2D eigenvalue weighted by molar-refractivity contribution is 6.08. The summed E-state index contributed by atoms with van der Waals surface area (Å²) in [6, 6.07) is 5.16. The molecule has 4 amide bonds. The van der Waals surface area contributed by atoms with E-state index in [1.54, 1.807) is 6.92 Å². The number of rotatable bonds is 8. The van der Waals surface area contributed by atoms with Gasteiger partial charge in [0.05, 0.1) is 0 Å². The molecule has 162 valence electrons. The monoisotopic (exact) mass is 415 g/mol. The van der Waals surface area contributed by atoms with Gasteiger partial charge in [-0.25, -0.2) is 4.79 Å². The number of esters is 1. The number of unbranched alkanes of at least 4 members (excludes halogenated alkanes) is 1. The summed E-state index contributed by atoms with van der Waals surface area (Å²) in [7, 11) is 0. The van der Waals surface area contributed by atoms with Gasteiger partial charge in [0.25, 0.3) is 11.8 Å². The number of hydrogen-bond acceptors (Lipinski definition) is 5. The highest BCUT2D eigenvalue weighted by Crippen LogP contribution is 2.25. The van der Waals surface area contributed by atoms with Crippen molar-refractivity contribution in [2.45, 2.75) is 70.9 Å². The molecular weight excluding hydrogens is 386 g/mol. The summed E-state index contributed by atoms with van der Waals surface area (Å²) in [5.41, 5.74) is 2.17. The summed E-state index contributed by atoms with van der Waals surface area (Å²) in [4.78, 5) is 50.2. The van der Waals surface area contributed by atoms with Gasteiger partial charge in [-0.1, -0.05) is 25.8 Å². The summed E-state index contributed by atoms with van der Waals surface area (Å²) in [5.74, 6) is -1.73. The van der Waals surface area contributed by atoms with E-state index in [1.165, 1.54) is 18.1 Å². The van der Waals surface area contributed by atoms with Crippen molar-refractivity contribution in [1.82, 2.24) is 10.2 Å². The lowest BCUT2D eigenvalue weighted by Crippen LogP contribution is -2.44. The van der Waals surface area contributed by atoms with Gasteiger partial charge in [0.1, 0.15) is 12.1 Å². The van der Waals surface area contributed by atoms with Crippen molar-refractivity contribution in [3.8, 4) is 0 Å². The zero-order chi connectivity index (χ0) is 21.9. The van der Waals surface area contributed by atoms with Crippen molar-refractivity contribution in [2.24, 2.45) is 0 Å². The zero-order valence-electron chi connectivity index (χ0n) is 17.7. The number of hydrogen-bond donors (Lipinski definition) is 2. The number of benzene rings is 1. The third-order valence-corrected chi connectivity index (χ3v) is 5.71. The molecule has 1 heterocycles. The molecule has 0 bridgehead atoms. The van der Waals surface area contributed by atoms with E-state index in [2.05, 4.69) is 10.6 Å². The first kappa shape index (κ1) is 21.8. The quantitative estimate of drug-likeness (QED) is 0.501. The summed E-state index contributed by atoms with van der Waals surface area (Å²) in [6.45, 7) is 4.58. The van der Waals surface area contributed by atoms with E-state index in [0.29, 0.717) is 12.1 Å². The molecule has 1 aromatic carbocycles. The lowest BCUT2D eigenvalue weighted by molar-refractivity contribution is -0.155. The maximum atomic E-state index is 12.6. The van der Waals surface area contributed by atoms with Gasteiger partial charge in [-0.05, 0) is 62.8 Å². The molecular formula is C22H29N3O5. The summed E-state index contributed by atoms with van der Waals surface area (Å²) in [5, 5.41) is 5.40. The predicted molar refractivity (Wildman–Crippen MR) is 111 cm³/mol. The van der Waals surface area contributed by atoms with Gasteiger partial charge in [-0.15, -0.1) is 0 Å². The molecule has 0 unspecified atom stereocenters. The van der Waals surface area contributed by atoms with Crippen molar-refractivity contribution in [2.75, 3.05) is 11.9 Å². The molecule has 0 saturated carbocycles. The van der Waals surface area contributed by atoms with Crippen LogP contribution in [0.2, 0.25) is 0 Å². The Morgan fingerprint density at radius 3 is 2.73 bits per heavy atom. The Morgan fingerprint density at radius 2 is 2.00 bits per heavy atom. The summed E-state index contributed by atoms with van der Waals surface area (Å²) in [6.07, 6.45) is 4.27. The first-order valence-electron chi connectivity index (χ1n) is 10.5. The van der Waals surface area contributed by atoms with Gasteiger partial charge in [0, 0.05) is 5.69 Å². The van der Waals surface area contributed by atoms with Crippen LogP contribution in [-0.2, 0) is 32.0 Å². The fourth-order valence-electron chi connectivity index (χ4n) is 3.90. The second-order valence-electron chi connectivity index (χ2n) is 8.22. The van der Waals surface area contributed by atoms with Crippen LogP contribution in [0.3, 0.4) is 0 Å². The van der Waals surface area contributed by atoms with Gasteiger partial charge in [-0.3, -0.25) is 19.3 Å². The number of anilines is 1. The topological polar surface area (TPSA) is 105 Å². The number of nitrogens with zero attached hydrogens (tertiary/aromatic N) is 1. The molecule has 1 saturated heterocycles. The van der Waals surface area contributed by atoms with E-state index in [9.17, 15) is 19.2 Å². The smallest absolute Gasteiger partial charge is 0.327 e. The van der Waals surface area contributed by atoms with Crippen LogP contribution >= 0.6 is 0 Å². The van der Waals surface area contributed by atoms with E-state index >= 15 is 0 Å². The summed E-state index contributed by atoms with van der Waals surface area (Å²) < 4.78 is 5.16. The number of imide groups is 1. The average molecular weight is 415 g/mol. The van der Waals surface area contributed by atoms with Crippen molar-refractivity contribution in [1.29, 1.82) is 0 Å². The highest BCUT2D eigenvalue weighted by Gasteiger charge is 2.48. The second kappa shape index (κ2) is 8.85. The van der Waals surface area contributed by atoms with E-state index in [1.807, 2.05) is 25.1 Å². The molecule has 1 fully saturated rings. The Bertz CT molecular complexity index is 868. The summed E-state index contributed by atoms with van der Waals surface area (Å²) >= 11 is 0. The maximum absolute atomic E-state index is 12.6. The molecule has 2 N–H and O–H groups in total. The van der Waals surface area contributed by atoms with Crippen LogP contribution < -0.4 is 10.6 Å². The molecule has 1 aliphatic carbocycles. The Hall–Kier alpha value is -2.90. The van der Waals surface area contributed by atoms with Gasteiger partial charge in [0.2, 0.25) is 0 Å². The Balaban J connectivity index is 1.53. The average Bonchev–Trinajstić information content (AvgIpc) is 3.24. The normalized spacial score (nSPS) is 21.2. The fourth-order valence-corrected chi connectivity index (χ4v) is 3.90. The minimum atomic E-state index is -1.06. The molecule has 8 heteroatoms. The van der Waals surface area contributed by atoms with Crippen LogP contribution in [0, 0.1) is 0 Å². The molecule has 0 spiro atoms. The van der Waals surface area contributed by atoms with Crippen LogP contribution in [0.4, 0.5) is 10.5 Å². The van der Waals surface area contributed by atoms with Crippen molar-refractivity contribution < 1.29 is 23.9 Å². The van der Waals surface area contributed by atoms with Gasteiger partial charge in [-0.2, -0.15) is 0 Å². The minimum absolute atomic E-state index is 0.451. The molecule has 0 aromatic heterocycles. The molecule has 2 aliphatic rings. The number of nitrogens with one attached hydrogen (secondary N) is 2. The number of urea groups is 1. The van der Waals surface area contributed by atoms with E-state index in [-0.39, 0.29) is 0 Å². The second-order valence-corrected chi connectivity index (χ2v) is 8.22.